The number of carbonyl (C=O) groups is 1. The summed E-state index contributed by atoms with van der Waals surface area (Å²) in [5.41, 5.74) is 1.44. The highest BCUT2D eigenvalue weighted by molar-refractivity contribution is 6.99. The Hall–Kier alpha value is -1.21. The Morgan fingerprint density at radius 3 is 3.05 bits per heavy atom. The molecule has 1 saturated heterocycles. The van der Waals surface area contributed by atoms with Crippen molar-refractivity contribution in [3.05, 3.63) is 46.7 Å². The first-order valence-electron chi connectivity index (χ1n) is 6.30. The molecule has 2 aromatic rings. The lowest BCUT2D eigenvalue weighted by atomic mass is 10.0. The second-order valence-electron chi connectivity index (χ2n) is 4.57. The maximum absolute atomic E-state index is 12.5. The van der Waals surface area contributed by atoms with Gasteiger partial charge in [0.2, 0.25) is 0 Å². The molecule has 1 aromatic heterocycles. The molecule has 1 unspecified atom stereocenters. The molecule has 0 saturated carbocycles. The van der Waals surface area contributed by atoms with Gasteiger partial charge in [-0.25, -0.2) is 0 Å². The summed E-state index contributed by atoms with van der Waals surface area (Å²) >= 11 is 7.09. The summed E-state index contributed by atoms with van der Waals surface area (Å²) in [7, 11) is 0. The van der Waals surface area contributed by atoms with E-state index in [-0.39, 0.29) is 24.4 Å². The van der Waals surface area contributed by atoms with Gasteiger partial charge >= 0.3 is 0 Å². The van der Waals surface area contributed by atoms with Crippen molar-refractivity contribution in [3.8, 4) is 0 Å². The van der Waals surface area contributed by atoms with Crippen LogP contribution in [0, 0.1) is 0 Å². The van der Waals surface area contributed by atoms with Gasteiger partial charge in [0.1, 0.15) is 0 Å². The summed E-state index contributed by atoms with van der Waals surface area (Å²) < 4.78 is 7.93. The number of nitrogens with one attached hydrogen (secondary N) is 1. The lowest BCUT2D eigenvalue weighted by molar-refractivity contribution is 0.0629. The van der Waals surface area contributed by atoms with Crippen LogP contribution in [0.15, 0.2) is 30.5 Å². The van der Waals surface area contributed by atoms with E-state index in [9.17, 15) is 4.79 Å². The minimum absolute atomic E-state index is 0. The Kier molecular flexibility index (Phi) is 5.52. The minimum atomic E-state index is -0.0785. The lowest BCUT2D eigenvalue weighted by Crippen LogP contribution is -2.48. The highest BCUT2D eigenvalue weighted by Crippen LogP contribution is 2.25. The van der Waals surface area contributed by atoms with E-state index in [2.05, 4.69) is 14.1 Å². The van der Waals surface area contributed by atoms with Crippen LogP contribution in [0.4, 0.5) is 0 Å². The zero-order valence-electron chi connectivity index (χ0n) is 11.0. The van der Waals surface area contributed by atoms with Crippen molar-refractivity contribution in [2.45, 2.75) is 6.04 Å². The van der Waals surface area contributed by atoms with E-state index < -0.39 is 0 Å². The first-order valence-corrected chi connectivity index (χ1v) is 7.41. The molecule has 2 heterocycles. The zero-order chi connectivity index (χ0) is 13.9. The summed E-state index contributed by atoms with van der Waals surface area (Å²) in [5.74, 6) is -0.0785. The molecule has 21 heavy (non-hydrogen) atoms. The summed E-state index contributed by atoms with van der Waals surface area (Å²) in [4.78, 5) is 14.3. The number of hydrogen-bond donors (Lipinski definition) is 1. The average molecular weight is 345 g/mol. The van der Waals surface area contributed by atoms with Crippen LogP contribution in [0.1, 0.15) is 22.1 Å². The molecule has 112 valence electrons. The van der Waals surface area contributed by atoms with Crippen LogP contribution in [0.5, 0.6) is 0 Å². The van der Waals surface area contributed by atoms with Gasteiger partial charge in [-0.2, -0.15) is 8.75 Å². The number of carbonyl (C=O) groups excluding carboxylic acids is 1. The summed E-state index contributed by atoms with van der Waals surface area (Å²) in [6, 6.07) is 7.59. The lowest BCUT2D eigenvalue weighted by Gasteiger charge is -2.36. The predicted molar refractivity (Wildman–Crippen MR) is 85.3 cm³/mol. The third kappa shape index (κ3) is 3.52. The molecule has 0 bridgehead atoms. The van der Waals surface area contributed by atoms with Crippen LogP contribution >= 0.6 is 35.7 Å². The summed E-state index contributed by atoms with van der Waals surface area (Å²) in [6.07, 6.45) is 1.52. The fraction of sp³-hybridized carbons (Fsp3) is 0.308. The fourth-order valence-electron chi connectivity index (χ4n) is 2.37. The Morgan fingerprint density at radius 1 is 1.48 bits per heavy atom. The Labute approximate surface area is 138 Å². The SMILES string of the molecule is Cl.O=C(c1cnsn1)N1CCNCC1c1cccc(Cl)c1. The monoisotopic (exact) mass is 344 g/mol. The topological polar surface area (TPSA) is 58.1 Å². The Bertz CT molecular complexity index is 608. The number of aromatic nitrogens is 2. The van der Waals surface area contributed by atoms with Crippen LogP contribution < -0.4 is 5.32 Å². The van der Waals surface area contributed by atoms with Gasteiger partial charge in [-0.1, -0.05) is 23.7 Å². The zero-order valence-corrected chi connectivity index (χ0v) is 13.4. The second kappa shape index (κ2) is 7.17. The smallest absolute Gasteiger partial charge is 0.275 e. The number of rotatable bonds is 2. The Balaban J connectivity index is 0.00000161. The molecule has 0 radical (unpaired) electrons. The quantitative estimate of drug-likeness (QED) is 0.908. The molecule has 1 aromatic carbocycles. The summed E-state index contributed by atoms with van der Waals surface area (Å²) in [6.45, 7) is 2.14. The van der Waals surface area contributed by atoms with Crippen molar-refractivity contribution >= 4 is 41.6 Å². The van der Waals surface area contributed by atoms with Crippen molar-refractivity contribution in [2.75, 3.05) is 19.6 Å². The molecule has 1 aliphatic rings. The number of benzene rings is 1. The predicted octanol–water partition coefficient (Wildman–Crippen LogP) is 2.40. The highest BCUT2D eigenvalue weighted by Gasteiger charge is 2.29. The molecule has 0 spiro atoms. The van der Waals surface area contributed by atoms with Crippen molar-refractivity contribution in [2.24, 2.45) is 0 Å². The molecule has 1 amide bonds. The standard InChI is InChI=1S/C13H13ClN4OS.ClH/c14-10-3-1-2-9(6-10)12-8-15-4-5-18(12)13(19)11-7-16-20-17-11;/h1-3,6-7,12,15H,4-5,8H2;1H. The van der Waals surface area contributed by atoms with Gasteiger partial charge in [0, 0.05) is 24.7 Å². The van der Waals surface area contributed by atoms with E-state index in [4.69, 9.17) is 11.6 Å². The van der Waals surface area contributed by atoms with Gasteiger partial charge in [-0.05, 0) is 17.7 Å². The molecule has 1 aliphatic heterocycles. The molecule has 0 aliphatic carbocycles. The number of hydrogen-bond acceptors (Lipinski definition) is 5. The van der Waals surface area contributed by atoms with Crippen LogP contribution in [-0.2, 0) is 0 Å². The van der Waals surface area contributed by atoms with E-state index in [0.29, 0.717) is 23.8 Å². The fourth-order valence-corrected chi connectivity index (χ4v) is 2.97. The van der Waals surface area contributed by atoms with Crippen molar-refractivity contribution in [1.82, 2.24) is 19.0 Å². The minimum Gasteiger partial charge on any atom is -0.328 e. The average Bonchev–Trinajstić information content (AvgIpc) is 3.01. The van der Waals surface area contributed by atoms with Crippen molar-refractivity contribution in [3.63, 3.8) is 0 Å². The number of nitrogens with zero attached hydrogens (tertiary/aromatic N) is 3. The van der Waals surface area contributed by atoms with E-state index >= 15 is 0 Å². The first-order chi connectivity index (χ1) is 9.75. The van der Waals surface area contributed by atoms with Crippen LogP contribution in [-0.4, -0.2) is 39.2 Å². The third-order valence-electron chi connectivity index (χ3n) is 3.32. The first kappa shape index (κ1) is 16.2. The van der Waals surface area contributed by atoms with Crippen molar-refractivity contribution in [1.29, 1.82) is 0 Å². The number of amides is 1. The maximum atomic E-state index is 12.5. The normalized spacial score (nSPS) is 18.1. The van der Waals surface area contributed by atoms with E-state index in [0.717, 1.165) is 23.8 Å². The van der Waals surface area contributed by atoms with Gasteiger partial charge in [0.25, 0.3) is 5.91 Å². The van der Waals surface area contributed by atoms with Gasteiger partial charge in [0.15, 0.2) is 5.69 Å². The number of halogens is 2. The molecule has 5 nitrogen and oxygen atoms in total. The van der Waals surface area contributed by atoms with E-state index in [1.54, 1.807) is 0 Å². The largest absolute Gasteiger partial charge is 0.328 e. The number of piperazine rings is 1. The van der Waals surface area contributed by atoms with Gasteiger partial charge in [-0.15, -0.1) is 12.4 Å². The van der Waals surface area contributed by atoms with Gasteiger partial charge in [-0.3, -0.25) is 4.79 Å². The molecular weight excluding hydrogens is 331 g/mol. The van der Waals surface area contributed by atoms with Crippen LogP contribution in [0.3, 0.4) is 0 Å². The Morgan fingerprint density at radius 2 is 2.33 bits per heavy atom. The van der Waals surface area contributed by atoms with Crippen LogP contribution in [0.25, 0.3) is 0 Å². The molecule has 1 atom stereocenters. The third-order valence-corrected chi connectivity index (χ3v) is 4.03. The highest BCUT2D eigenvalue weighted by atomic mass is 35.5. The van der Waals surface area contributed by atoms with Crippen molar-refractivity contribution < 1.29 is 4.79 Å². The molecule has 1 fully saturated rings. The molecule has 8 heteroatoms. The van der Waals surface area contributed by atoms with Gasteiger partial charge < -0.3 is 10.2 Å². The van der Waals surface area contributed by atoms with Gasteiger partial charge in [0.05, 0.1) is 24.0 Å². The molecule has 3 rings (SSSR count). The summed E-state index contributed by atoms with van der Waals surface area (Å²) in [5, 5.41) is 3.99. The van der Waals surface area contributed by atoms with Crippen LogP contribution in [0.2, 0.25) is 5.02 Å². The second-order valence-corrected chi connectivity index (χ2v) is 5.56. The van der Waals surface area contributed by atoms with E-state index in [1.165, 1.54) is 6.20 Å². The molecule has 1 N–H and O–H groups in total. The maximum Gasteiger partial charge on any atom is 0.275 e. The van der Waals surface area contributed by atoms with E-state index in [1.807, 2.05) is 29.2 Å². The molecular formula is C13H14Cl2N4OS.